The predicted molar refractivity (Wildman–Crippen MR) is 115 cm³/mol. The molecule has 0 spiro atoms. The molecule has 156 valence electrons. The second-order valence-electron chi connectivity index (χ2n) is 9.07. The van der Waals surface area contributed by atoms with E-state index in [0.717, 1.165) is 22.2 Å². The topological polar surface area (TPSA) is 86.6 Å². The highest BCUT2D eigenvalue weighted by molar-refractivity contribution is 6.20. The van der Waals surface area contributed by atoms with Crippen molar-refractivity contribution in [3.05, 3.63) is 58.8 Å². The van der Waals surface area contributed by atoms with Crippen LogP contribution >= 0.6 is 0 Å². The Hall–Kier alpha value is -2.83. The van der Waals surface area contributed by atoms with Crippen LogP contribution in [0.2, 0.25) is 0 Å². The molecule has 0 unspecified atom stereocenters. The van der Waals surface area contributed by atoms with Gasteiger partial charge in [0.1, 0.15) is 18.5 Å². The van der Waals surface area contributed by atoms with Gasteiger partial charge < -0.3 is 24.9 Å². The highest BCUT2D eigenvalue weighted by Gasteiger charge is 2.42. The average molecular weight is 406 g/mol. The largest absolute Gasteiger partial charge is 0.490 e. The summed E-state index contributed by atoms with van der Waals surface area (Å²) < 4.78 is 17.7. The molecular formula is C24H26N2O4. The molecule has 1 atom stereocenters. The maximum atomic E-state index is 13.5. The Morgan fingerprint density at radius 3 is 2.73 bits per heavy atom. The molecule has 2 aliphatic rings. The summed E-state index contributed by atoms with van der Waals surface area (Å²) in [6.07, 6.45) is -0.148. The van der Waals surface area contributed by atoms with Crippen molar-refractivity contribution in [3.63, 3.8) is 0 Å². The van der Waals surface area contributed by atoms with Gasteiger partial charge >= 0.3 is 0 Å². The van der Waals surface area contributed by atoms with E-state index in [2.05, 4.69) is 18.8 Å². The van der Waals surface area contributed by atoms with Crippen molar-refractivity contribution in [2.75, 3.05) is 18.9 Å². The zero-order chi connectivity index (χ0) is 21.3. The van der Waals surface area contributed by atoms with Crippen LogP contribution in [-0.4, -0.2) is 35.9 Å². The highest BCUT2D eigenvalue weighted by atomic mass is 16.7. The van der Waals surface area contributed by atoms with Crippen LogP contribution in [0.3, 0.4) is 0 Å². The second kappa shape index (κ2) is 6.33. The Kier molecular flexibility index (Phi) is 4.04. The van der Waals surface area contributed by atoms with Gasteiger partial charge in [-0.1, -0.05) is 32.0 Å². The SMILES string of the molecule is CC1(C)OC[C@@H](COc2cccc3c2C(C)(C)c2[nH]c4cc(N)ccc4c2C3=O)O1. The molecule has 6 heteroatoms. The molecular weight excluding hydrogens is 380 g/mol. The average Bonchev–Trinajstić information content (AvgIpc) is 3.24. The van der Waals surface area contributed by atoms with E-state index in [1.165, 1.54) is 0 Å². The fraction of sp³-hybridized carbons (Fsp3) is 0.375. The van der Waals surface area contributed by atoms with Crippen LogP contribution in [0.5, 0.6) is 5.75 Å². The Morgan fingerprint density at radius 1 is 1.20 bits per heavy atom. The summed E-state index contributed by atoms with van der Waals surface area (Å²) in [5.74, 6) is 0.103. The first-order valence-electron chi connectivity index (χ1n) is 10.2. The Balaban J connectivity index is 1.57. The number of carbonyl (C=O) groups excluding carboxylic acids is 1. The minimum absolute atomic E-state index is 0.00220. The van der Waals surface area contributed by atoms with Crippen molar-refractivity contribution < 1.29 is 19.0 Å². The number of hydrogen-bond donors (Lipinski definition) is 2. The molecule has 0 amide bonds. The number of ketones is 1. The number of aromatic nitrogens is 1. The number of benzene rings is 2. The van der Waals surface area contributed by atoms with E-state index in [0.29, 0.717) is 35.8 Å². The van der Waals surface area contributed by atoms with Gasteiger partial charge in [-0.2, -0.15) is 0 Å². The molecule has 0 radical (unpaired) electrons. The highest BCUT2D eigenvalue weighted by Crippen LogP contribution is 2.47. The fourth-order valence-corrected chi connectivity index (χ4v) is 4.69. The van der Waals surface area contributed by atoms with Gasteiger partial charge in [-0.3, -0.25) is 4.79 Å². The summed E-state index contributed by atoms with van der Waals surface area (Å²) in [5, 5.41) is 0.896. The Bertz CT molecular complexity index is 1180. The number of nitrogen functional groups attached to an aromatic ring is 1. The summed E-state index contributed by atoms with van der Waals surface area (Å²) in [5.41, 5.74) is 10.2. The van der Waals surface area contributed by atoms with Crippen LogP contribution in [0.4, 0.5) is 5.69 Å². The summed E-state index contributed by atoms with van der Waals surface area (Å²) in [7, 11) is 0. The normalized spacial score (nSPS) is 21.5. The first-order valence-corrected chi connectivity index (χ1v) is 10.2. The van der Waals surface area contributed by atoms with Gasteiger partial charge in [0.2, 0.25) is 0 Å². The zero-order valence-electron chi connectivity index (χ0n) is 17.7. The lowest BCUT2D eigenvalue weighted by molar-refractivity contribution is -0.141. The number of hydrogen-bond acceptors (Lipinski definition) is 5. The minimum Gasteiger partial charge on any atom is -0.490 e. The standard InChI is InChI=1S/C24H26N2O4/c1-23(2)20-16(6-5-7-18(20)28-11-14-12-29-24(3,4)30-14)21(27)19-15-9-8-13(25)10-17(15)26-22(19)23/h5-10,14,26H,11-12,25H2,1-4H3/t14-/m1/s1. The van der Waals surface area contributed by atoms with E-state index < -0.39 is 11.2 Å². The van der Waals surface area contributed by atoms with Crippen molar-refractivity contribution in [1.82, 2.24) is 4.98 Å². The van der Waals surface area contributed by atoms with E-state index in [-0.39, 0.29) is 11.9 Å². The molecule has 2 aromatic carbocycles. The third-order valence-electron chi connectivity index (χ3n) is 6.06. The molecule has 1 aliphatic heterocycles. The summed E-state index contributed by atoms with van der Waals surface area (Å²) in [6, 6.07) is 11.3. The maximum Gasteiger partial charge on any atom is 0.195 e. The van der Waals surface area contributed by atoms with Gasteiger partial charge in [0.15, 0.2) is 11.6 Å². The van der Waals surface area contributed by atoms with E-state index >= 15 is 0 Å². The van der Waals surface area contributed by atoms with Crippen LogP contribution < -0.4 is 10.5 Å². The molecule has 1 fully saturated rings. The second-order valence-corrected chi connectivity index (χ2v) is 9.07. The van der Waals surface area contributed by atoms with Crippen LogP contribution in [-0.2, 0) is 14.9 Å². The van der Waals surface area contributed by atoms with Crippen molar-refractivity contribution in [3.8, 4) is 5.75 Å². The number of anilines is 1. The van der Waals surface area contributed by atoms with E-state index in [9.17, 15) is 4.79 Å². The molecule has 0 bridgehead atoms. The molecule has 3 aromatic rings. The molecule has 2 heterocycles. The smallest absolute Gasteiger partial charge is 0.195 e. The van der Waals surface area contributed by atoms with Gasteiger partial charge in [0, 0.05) is 38.8 Å². The number of aromatic amines is 1. The zero-order valence-corrected chi connectivity index (χ0v) is 17.7. The number of ether oxygens (including phenoxy) is 3. The van der Waals surface area contributed by atoms with Crippen LogP contribution in [0.25, 0.3) is 10.9 Å². The lowest BCUT2D eigenvalue weighted by atomic mass is 9.71. The minimum atomic E-state index is -0.597. The Labute approximate surface area is 175 Å². The monoisotopic (exact) mass is 406 g/mol. The van der Waals surface area contributed by atoms with Crippen LogP contribution in [0, 0.1) is 0 Å². The fourth-order valence-electron chi connectivity index (χ4n) is 4.69. The molecule has 30 heavy (non-hydrogen) atoms. The lowest BCUT2D eigenvalue weighted by Crippen LogP contribution is -2.32. The van der Waals surface area contributed by atoms with Gasteiger partial charge in [-0.25, -0.2) is 0 Å². The van der Waals surface area contributed by atoms with Crippen LogP contribution in [0.15, 0.2) is 36.4 Å². The Morgan fingerprint density at radius 2 is 2.00 bits per heavy atom. The van der Waals surface area contributed by atoms with Crippen molar-refractivity contribution >= 4 is 22.4 Å². The number of carbonyl (C=O) groups is 1. The van der Waals surface area contributed by atoms with E-state index in [1.54, 1.807) is 0 Å². The summed E-state index contributed by atoms with van der Waals surface area (Å²) in [6.45, 7) is 8.85. The molecule has 1 saturated heterocycles. The maximum absolute atomic E-state index is 13.5. The van der Waals surface area contributed by atoms with E-state index in [1.807, 2.05) is 50.2 Å². The number of H-pyrrole nitrogens is 1. The third-order valence-corrected chi connectivity index (χ3v) is 6.06. The van der Waals surface area contributed by atoms with Gasteiger partial charge in [0.05, 0.1) is 12.2 Å². The van der Waals surface area contributed by atoms with E-state index in [4.69, 9.17) is 19.9 Å². The summed E-state index contributed by atoms with van der Waals surface area (Å²) >= 11 is 0. The molecule has 5 rings (SSSR count). The molecule has 1 aliphatic carbocycles. The van der Waals surface area contributed by atoms with Gasteiger partial charge in [0.25, 0.3) is 0 Å². The first kappa shape index (κ1) is 19.2. The molecule has 6 nitrogen and oxygen atoms in total. The van der Waals surface area contributed by atoms with Crippen molar-refractivity contribution in [1.29, 1.82) is 0 Å². The number of rotatable bonds is 3. The number of nitrogens with two attached hydrogens (primary N) is 1. The number of fused-ring (bicyclic) bond motifs is 4. The predicted octanol–water partition coefficient (Wildman–Crippen LogP) is 4.15. The third kappa shape index (κ3) is 2.82. The van der Waals surface area contributed by atoms with Gasteiger partial charge in [-0.05, 0) is 32.0 Å². The molecule has 3 N–H and O–H groups in total. The molecule has 1 aromatic heterocycles. The van der Waals surface area contributed by atoms with Crippen LogP contribution in [0.1, 0.15) is 54.9 Å². The number of nitrogens with one attached hydrogen (secondary N) is 1. The van der Waals surface area contributed by atoms with Crippen molar-refractivity contribution in [2.24, 2.45) is 0 Å². The lowest BCUT2D eigenvalue weighted by Gasteiger charge is -2.33. The van der Waals surface area contributed by atoms with Gasteiger partial charge in [-0.15, -0.1) is 0 Å². The van der Waals surface area contributed by atoms with Crippen molar-refractivity contribution in [2.45, 2.75) is 45.0 Å². The molecule has 0 saturated carbocycles. The summed E-state index contributed by atoms with van der Waals surface area (Å²) in [4.78, 5) is 17.0. The quantitative estimate of drug-likeness (QED) is 0.638. The first-order chi connectivity index (χ1) is 14.2.